The fourth-order valence-corrected chi connectivity index (χ4v) is 3.70. The molecule has 0 spiro atoms. The van der Waals surface area contributed by atoms with Crippen molar-refractivity contribution < 1.29 is 4.79 Å². The number of aromatic amines is 1. The van der Waals surface area contributed by atoms with Crippen LogP contribution in [-0.4, -0.2) is 28.9 Å². The molecule has 0 aliphatic carbocycles. The highest BCUT2D eigenvalue weighted by Gasteiger charge is 2.27. The molecule has 1 saturated heterocycles. The van der Waals surface area contributed by atoms with E-state index in [2.05, 4.69) is 54.4 Å². The van der Waals surface area contributed by atoms with Gasteiger partial charge in [-0.05, 0) is 36.6 Å². The molecule has 0 saturated carbocycles. The first-order valence-electron chi connectivity index (χ1n) is 8.60. The minimum absolute atomic E-state index is 0.232. The van der Waals surface area contributed by atoms with E-state index in [4.69, 9.17) is 0 Å². The molecular formula is C21H22N2O. The van der Waals surface area contributed by atoms with Crippen LogP contribution in [0.3, 0.4) is 0 Å². The predicted molar refractivity (Wildman–Crippen MR) is 97.1 cm³/mol. The largest absolute Gasteiger partial charge is 0.361 e. The number of rotatable bonds is 3. The van der Waals surface area contributed by atoms with Crippen LogP contribution in [0, 0.1) is 6.92 Å². The molecule has 1 N–H and O–H groups in total. The Bertz CT molecular complexity index is 866. The molecular weight excluding hydrogens is 296 g/mol. The second kappa shape index (κ2) is 6.16. The van der Waals surface area contributed by atoms with E-state index in [1.54, 1.807) is 0 Å². The van der Waals surface area contributed by atoms with Gasteiger partial charge in [0.05, 0.1) is 6.42 Å². The lowest BCUT2D eigenvalue weighted by molar-refractivity contribution is -0.129. The number of aryl methyl sites for hydroxylation is 1. The molecule has 0 radical (unpaired) electrons. The number of likely N-dealkylation sites (tertiary alicyclic amines) is 1. The van der Waals surface area contributed by atoms with E-state index in [9.17, 15) is 4.79 Å². The first-order valence-corrected chi connectivity index (χ1v) is 8.60. The third-order valence-electron chi connectivity index (χ3n) is 5.08. The number of nitrogens with one attached hydrogen (secondary N) is 1. The number of fused-ring (bicyclic) bond motifs is 1. The molecule has 122 valence electrons. The van der Waals surface area contributed by atoms with Crippen molar-refractivity contribution >= 4 is 16.8 Å². The summed E-state index contributed by atoms with van der Waals surface area (Å²) in [5, 5.41) is 1.17. The van der Waals surface area contributed by atoms with Crippen LogP contribution in [0.25, 0.3) is 10.9 Å². The van der Waals surface area contributed by atoms with Crippen LogP contribution in [0.1, 0.15) is 29.0 Å². The summed E-state index contributed by atoms with van der Waals surface area (Å²) < 4.78 is 0. The molecule has 0 bridgehead atoms. The van der Waals surface area contributed by atoms with E-state index in [0.29, 0.717) is 12.3 Å². The van der Waals surface area contributed by atoms with Crippen molar-refractivity contribution in [2.75, 3.05) is 13.1 Å². The zero-order chi connectivity index (χ0) is 16.5. The van der Waals surface area contributed by atoms with E-state index in [1.165, 1.54) is 16.5 Å². The number of hydrogen-bond donors (Lipinski definition) is 1. The van der Waals surface area contributed by atoms with E-state index in [-0.39, 0.29) is 5.91 Å². The number of amides is 1. The molecule has 1 aromatic heterocycles. The zero-order valence-electron chi connectivity index (χ0n) is 14.0. The molecule has 1 aliphatic heterocycles. The molecule has 1 amide bonds. The van der Waals surface area contributed by atoms with Crippen molar-refractivity contribution in [1.29, 1.82) is 0 Å². The van der Waals surface area contributed by atoms with Crippen LogP contribution in [0.4, 0.5) is 0 Å². The SMILES string of the molecule is Cc1ccc2[nH]cc(CC(=O)N3CCC(c4ccccc4)C3)c2c1. The first kappa shape index (κ1) is 15.0. The van der Waals surface area contributed by atoms with Crippen molar-refractivity contribution in [2.24, 2.45) is 0 Å². The Hall–Kier alpha value is -2.55. The van der Waals surface area contributed by atoms with Gasteiger partial charge in [-0.2, -0.15) is 0 Å². The Morgan fingerprint density at radius 1 is 1.21 bits per heavy atom. The molecule has 3 aromatic rings. The maximum absolute atomic E-state index is 12.7. The number of H-pyrrole nitrogens is 1. The topological polar surface area (TPSA) is 36.1 Å². The van der Waals surface area contributed by atoms with Crippen molar-refractivity contribution in [3.05, 3.63) is 71.4 Å². The van der Waals surface area contributed by atoms with Crippen LogP contribution >= 0.6 is 0 Å². The summed E-state index contributed by atoms with van der Waals surface area (Å²) in [6.07, 6.45) is 3.51. The van der Waals surface area contributed by atoms with Gasteiger partial charge in [0.25, 0.3) is 0 Å². The molecule has 24 heavy (non-hydrogen) atoms. The fraction of sp³-hybridized carbons (Fsp3) is 0.286. The molecule has 1 atom stereocenters. The highest BCUT2D eigenvalue weighted by atomic mass is 16.2. The van der Waals surface area contributed by atoms with E-state index in [1.807, 2.05) is 17.2 Å². The van der Waals surface area contributed by atoms with Gasteiger partial charge in [0.15, 0.2) is 0 Å². The lowest BCUT2D eigenvalue weighted by Crippen LogP contribution is -2.29. The Morgan fingerprint density at radius 3 is 2.88 bits per heavy atom. The Kier molecular flexibility index (Phi) is 3.85. The van der Waals surface area contributed by atoms with Crippen LogP contribution in [0.5, 0.6) is 0 Å². The normalized spacial score (nSPS) is 17.5. The number of benzene rings is 2. The molecule has 2 heterocycles. The van der Waals surface area contributed by atoms with Crippen molar-refractivity contribution in [2.45, 2.75) is 25.7 Å². The molecule has 4 rings (SSSR count). The average Bonchev–Trinajstić information content (AvgIpc) is 3.23. The fourth-order valence-electron chi connectivity index (χ4n) is 3.70. The number of nitrogens with zero attached hydrogens (tertiary/aromatic N) is 1. The summed E-state index contributed by atoms with van der Waals surface area (Å²) in [5.41, 5.74) is 4.77. The minimum Gasteiger partial charge on any atom is -0.361 e. The smallest absolute Gasteiger partial charge is 0.227 e. The standard InChI is InChI=1S/C21H22N2O/c1-15-7-8-20-19(11-15)18(13-22-20)12-21(24)23-10-9-17(14-23)16-5-3-2-4-6-16/h2-8,11,13,17,22H,9-10,12,14H2,1H3. The first-order chi connectivity index (χ1) is 11.7. The van der Waals surface area contributed by atoms with Gasteiger partial charge in [-0.25, -0.2) is 0 Å². The average molecular weight is 318 g/mol. The molecule has 3 nitrogen and oxygen atoms in total. The van der Waals surface area contributed by atoms with Gasteiger partial charge >= 0.3 is 0 Å². The van der Waals surface area contributed by atoms with Crippen molar-refractivity contribution in [1.82, 2.24) is 9.88 Å². The molecule has 1 aliphatic rings. The van der Waals surface area contributed by atoms with Crippen molar-refractivity contribution in [3.63, 3.8) is 0 Å². The number of carbonyl (C=O) groups excluding carboxylic acids is 1. The Labute approximate surface area is 142 Å². The van der Waals surface area contributed by atoms with Crippen LogP contribution < -0.4 is 0 Å². The quantitative estimate of drug-likeness (QED) is 0.777. The van der Waals surface area contributed by atoms with Gasteiger partial charge in [-0.15, -0.1) is 0 Å². The monoisotopic (exact) mass is 318 g/mol. The lowest BCUT2D eigenvalue weighted by atomic mass is 9.99. The second-order valence-corrected chi connectivity index (χ2v) is 6.78. The highest BCUT2D eigenvalue weighted by Crippen LogP contribution is 2.28. The number of aromatic nitrogens is 1. The molecule has 3 heteroatoms. The summed E-state index contributed by atoms with van der Waals surface area (Å²) >= 11 is 0. The van der Waals surface area contributed by atoms with E-state index >= 15 is 0 Å². The summed E-state index contributed by atoms with van der Waals surface area (Å²) in [5.74, 6) is 0.705. The number of carbonyl (C=O) groups is 1. The lowest BCUT2D eigenvalue weighted by Gasteiger charge is -2.16. The molecule has 1 fully saturated rings. The maximum atomic E-state index is 12.7. The van der Waals surface area contributed by atoms with Crippen LogP contribution in [0.2, 0.25) is 0 Å². The third-order valence-corrected chi connectivity index (χ3v) is 5.08. The van der Waals surface area contributed by atoms with Gasteiger partial charge < -0.3 is 9.88 Å². The second-order valence-electron chi connectivity index (χ2n) is 6.78. The Morgan fingerprint density at radius 2 is 2.04 bits per heavy atom. The van der Waals surface area contributed by atoms with Gasteiger partial charge in [0, 0.05) is 36.1 Å². The predicted octanol–water partition coefficient (Wildman–Crippen LogP) is 4.03. The van der Waals surface area contributed by atoms with Crippen LogP contribution in [-0.2, 0) is 11.2 Å². The Balaban J connectivity index is 1.47. The van der Waals surface area contributed by atoms with Gasteiger partial charge in [0.1, 0.15) is 0 Å². The summed E-state index contributed by atoms with van der Waals surface area (Å²) in [7, 11) is 0. The van der Waals surface area contributed by atoms with E-state index in [0.717, 1.165) is 30.6 Å². The molecule has 1 unspecified atom stereocenters. The van der Waals surface area contributed by atoms with Gasteiger partial charge in [-0.1, -0.05) is 42.0 Å². The molecule has 2 aromatic carbocycles. The highest BCUT2D eigenvalue weighted by molar-refractivity contribution is 5.89. The van der Waals surface area contributed by atoms with Crippen molar-refractivity contribution in [3.8, 4) is 0 Å². The van der Waals surface area contributed by atoms with Gasteiger partial charge in [-0.3, -0.25) is 4.79 Å². The summed E-state index contributed by atoms with van der Waals surface area (Å²) in [4.78, 5) is 18.0. The zero-order valence-corrected chi connectivity index (χ0v) is 14.0. The van der Waals surface area contributed by atoms with E-state index < -0.39 is 0 Å². The minimum atomic E-state index is 0.232. The van der Waals surface area contributed by atoms with Crippen LogP contribution in [0.15, 0.2) is 54.7 Å². The summed E-state index contributed by atoms with van der Waals surface area (Å²) in [6, 6.07) is 16.9. The third kappa shape index (κ3) is 2.82. The number of hydrogen-bond acceptors (Lipinski definition) is 1. The summed E-state index contributed by atoms with van der Waals surface area (Å²) in [6.45, 7) is 3.78. The van der Waals surface area contributed by atoms with Gasteiger partial charge in [0.2, 0.25) is 5.91 Å². The maximum Gasteiger partial charge on any atom is 0.227 e.